The van der Waals surface area contributed by atoms with Crippen LogP contribution in [0.15, 0.2) is 24.3 Å². The molecule has 1 aliphatic heterocycles. The van der Waals surface area contributed by atoms with Crippen molar-refractivity contribution in [2.75, 3.05) is 40.0 Å². The molecule has 1 aliphatic rings. The first kappa shape index (κ1) is 20.0. The maximum Gasteiger partial charge on any atom is 0.230 e. The number of amides is 1. The average Bonchev–Trinajstić information content (AvgIpc) is 2.54. The Bertz CT molecular complexity index is 508. The molecule has 0 aromatic heterocycles. The zero-order chi connectivity index (χ0) is 16.0. The van der Waals surface area contributed by atoms with Crippen LogP contribution in [0.1, 0.15) is 12.8 Å². The highest BCUT2D eigenvalue weighted by Gasteiger charge is 2.40. The molecular formula is C16H24Cl2N2O3. The highest BCUT2D eigenvalue weighted by molar-refractivity contribution is 6.30. The van der Waals surface area contributed by atoms with E-state index in [1.54, 1.807) is 24.1 Å². The van der Waals surface area contributed by atoms with Crippen LogP contribution in [-0.2, 0) is 9.53 Å². The molecule has 0 bridgehead atoms. The molecule has 1 aromatic rings. The first-order valence-electron chi connectivity index (χ1n) is 7.49. The summed E-state index contributed by atoms with van der Waals surface area (Å²) in [6, 6.07) is 7.22. The summed E-state index contributed by atoms with van der Waals surface area (Å²) in [6.07, 6.45) is 1.36. The van der Waals surface area contributed by atoms with Crippen LogP contribution in [0.5, 0.6) is 5.75 Å². The van der Waals surface area contributed by atoms with Crippen LogP contribution in [0.25, 0.3) is 0 Å². The summed E-state index contributed by atoms with van der Waals surface area (Å²) in [5.41, 5.74) is 5.38. The van der Waals surface area contributed by atoms with E-state index in [-0.39, 0.29) is 18.3 Å². The third kappa shape index (κ3) is 5.24. The normalized spacial score (nSPS) is 16.3. The largest absolute Gasteiger partial charge is 0.492 e. The second kappa shape index (κ2) is 9.33. The Kier molecular flexibility index (Phi) is 8.12. The Hall–Kier alpha value is -1.01. The maximum absolute atomic E-state index is 12.7. The van der Waals surface area contributed by atoms with E-state index in [4.69, 9.17) is 26.8 Å². The number of benzene rings is 1. The minimum atomic E-state index is -0.483. The van der Waals surface area contributed by atoms with Gasteiger partial charge in [0.1, 0.15) is 12.4 Å². The highest BCUT2D eigenvalue weighted by Crippen LogP contribution is 2.31. The number of carbonyl (C=O) groups excluding carboxylic acids is 1. The van der Waals surface area contributed by atoms with Gasteiger partial charge in [-0.25, -0.2) is 0 Å². The Morgan fingerprint density at radius 1 is 1.43 bits per heavy atom. The molecule has 1 aromatic carbocycles. The summed E-state index contributed by atoms with van der Waals surface area (Å²) in [5.74, 6) is 0.779. The van der Waals surface area contributed by atoms with Gasteiger partial charge in [0.15, 0.2) is 0 Å². The molecule has 2 rings (SSSR count). The first-order chi connectivity index (χ1) is 10.6. The predicted molar refractivity (Wildman–Crippen MR) is 93.4 cm³/mol. The van der Waals surface area contributed by atoms with E-state index in [1.165, 1.54) is 0 Å². The van der Waals surface area contributed by atoms with Crippen molar-refractivity contribution >= 4 is 29.9 Å². The molecule has 1 amide bonds. The number of nitrogens with two attached hydrogens (primary N) is 1. The molecule has 0 spiro atoms. The van der Waals surface area contributed by atoms with Crippen LogP contribution in [-0.4, -0.2) is 50.8 Å². The van der Waals surface area contributed by atoms with Gasteiger partial charge in [0.05, 0.1) is 12.0 Å². The van der Waals surface area contributed by atoms with E-state index in [9.17, 15) is 4.79 Å². The second-order valence-electron chi connectivity index (χ2n) is 5.63. The Morgan fingerprint density at radius 3 is 2.74 bits per heavy atom. The topological polar surface area (TPSA) is 64.8 Å². The number of likely N-dealkylation sites (N-methyl/N-ethyl adjacent to an activating group) is 1. The molecule has 7 heteroatoms. The average molecular weight is 363 g/mol. The fraction of sp³-hybridized carbons (Fsp3) is 0.562. The zero-order valence-corrected chi connectivity index (χ0v) is 14.9. The van der Waals surface area contributed by atoms with Crippen molar-refractivity contribution in [1.82, 2.24) is 4.90 Å². The molecule has 130 valence electrons. The number of ether oxygens (including phenoxy) is 2. The maximum atomic E-state index is 12.7. The molecule has 1 saturated heterocycles. The van der Waals surface area contributed by atoms with Crippen molar-refractivity contribution in [1.29, 1.82) is 0 Å². The van der Waals surface area contributed by atoms with Gasteiger partial charge in [-0.1, -0.05) is 17.7 Å². The molecule has 0 radical (unpaired) electrons. The lowest BCUT2D eigenvalue weighted by Gasteiger charge is -2.37. The standard InChI is InChI=1S/C16H23ClN2O3.ClH/c1-19(7-10-22-14-4-2-3-13(17)11-14)15(20)16(12-18)5-8-21-9-6-16;/h2-4,11H,5-10,12,18H2,1H3;1H. The molecular weight excluding hydrogens is 339 g/mol. The second-order valence-corrected chi connectivity index (χ2v) is 6.07. The van der Waals surface area contributed by atoms with E-state index in [2.05, 4.69) is 0 Å². The van der Waals surface area contributed by atoms with E-state index >= 15 is 0 Å². The summed E-state index contributed by atoms with van der Waals surface area (Å²) in [7, 11) is 1.79. The number of rotatable bonds is 6. The summed E-state index contributed by atoms with van der Waals surface area (Å²) in [6.45, 7) is 2.47. The molecule has 0 aliphatic carbocycles. The summed E-state index contributed by atoms with van der Waals surface area (Å²) < 4.78 is 11.0. The van der Waals surface area contributed by atoms with Gasteiger partial charge in [-0.05, 0) is 31.0 Å². The quantitative estimate of drug-likeness (QED) is 0.843. The fourth-order valence-electron chi connectivity index (χ4n) is 2.63. The fourth-order valence-corrected chi connectivity index (χ4v) is 2.81. The van der Waals surface area contributed by atoms with Crippen molar-refractivity contribution in [3.63, 3.8) is 0 Å². The van der Waals surface area contributed by atoms with Crippen molar-refractivity contribution < 1.29 is 14.3 Å². The van der Waals surface area contributed by atoms with Gasteiger partial charge in [-0.3, -0.25) is 4.79 Å². The summed E-state index contributed by atoms with van der Waals surface area (Å²) >= 11 is 5.91. The number of nitrogens with zero attached hydrogens (tertiary/aromatic N) is 1. The summed E-state index contributed by atoms with van der Waals surface area (Å²) in [5, 5.41) is 0.631. The van der Waals surface area contributed by atoms with Crippen LogP contribution < -0.4 is 10.5 Å². The molecule has 1 fully saturated rings. The van der Waals surface area contributed by atoms with Gasteiger partial charge in [0.2, 0.25) is 5.91 Å². The van der Waals surface area contributed by atoms with E-state index in [0.29, 0.717) is 56.5 Å². The predicted octanol–water partition coefficient (Wildman–Crippen LogP) is 2.35. The highest BCUT2D eigenvalue weighted by atomic mass is 35.5. The first-order valence-corrected chi connectivity index (χ1v) is 7.87. The van der Waals surface area contributed by atoms with Gasteiger partial charge in [0, 0.05) is 31.8 Å². The minimum absolute atomic E-state index is 0. The third-order valence-electron chi connectivity index (χ3n) is 4.13. The van der Waals surface area contributed by atoms with E-state index in [0.717, 1.165) is 0 Å². The zero-order valence-electron chi connectivity index (χ0n) is 13.3. The lowest BCUT2D eigenvalue weighted by atomic mass is 9.79. The molecule has 5 nitrogen and oxygen atoms in total. The Morgan fingerprint density at radius 2 is 2.13 bits per heavy atom. The smallest absolute Gasteiger partial charge is 0.230 e. The molecule has 1 heterocycles. The van der Waals surface area contributed by atoms with Gasteiger partial charge < -0.3 is 20.1 Å². The SMILES string of the molecule is CN(CCOc1cccc(Cl)c1)C(=O)C1(CN)CCOCC1.Cl. The lowest BCUT2D eigenvalue weighted by molar-refractivity contribution is -0.146. The van der Waals surface area contributed by atoms with Gasteiger partial charge in [-0.2, -0.15) is 0 Å². The number of hydrogen-bond acceptors (Lipinski definition) is 4. The Balaban J connectivity index is 0.00000264. The monoisotopic (exact) mass is 362 g/mol. The van der Waals surface area contributed by atoms with Gasteiger partial charge in [-0.15, -0.1) is 12.4 Å². The van der Waals surface area contributed by atoms with Crippen LogP contribution in [0, 0.1) is 5.41 Å². The van der Waals surface area contributed by atoms with Crippen LogP contribution in [0.2, 0.25) is 5.02 Å². The van der Waals surface area contributed by atoms with Crippen molar-refractivity contribution in [2.45, 2.75) is 12.8 Å². The van der Waals surface area contributed by atoms with Crippen LogP contribution in [0.4, 0.5) is 0 Å². The Labute approximate surface area is 148 Å². The summed E-state index contributed by atoms with van der Waals surface area (Å²) in [4.78, 5) is 14.4. The third-order valence-corrected chi connectivity index (χ3v) is 4.37. The van der Waals surface area contributed by atoms with Gasteiger partial charge in [0.25, 0.3) is 0 Å². The van der Waals surface area contributed by atoms with Crippen molar-refractivity contribution in [3.8, 4) is 5.75 Å². The molecule has 0 saturated carbocycles. The van der Waals surface area contributed by atoms with Gasteiger partial charge >= 0.3 is 0 Å². The van der Waals surface area contributed by atoms with Crippen molar-refractivity contribution in [3.05, 3.63) is 29.3 Å². The number of halogens is 2. The number of hydrogen-bond donors (Lipinski definition) is 1. The minimum Gasteiger partial charge on any atom is -0.492 e. The molecule has 23 heavy (non-hydrogen) atoms. The van der Waals surface area contributed by atoms with Crippen LogP contribution >= 0.6 is 24.0 Å². The number of carbonyl (C=O) groups is 1. The molecule has 0 atom stereocenters. The van der Waals surface area contributed by atoms with E-state index in [1.807, 2.05) is 12.1 Å². The van der Waals surface area contributed by atoms with Crippen molar-refractivity contribution in [2.24, 2.45) is 11.1 Å². The lowest BCUT2D eigenvalue weighted by Crippen LogP contribution is -2.50. The molecule has 0 unspecified atom stereocenters. The molecule has 2 N–H and O–H groups in total. The van der Waals surface area contributed by atoms with Crippen LogP contribution in [0.3, 0.4) is 0 Å². The van der Waals surface area contributed by atoms with E-state index < -0.39 is 5.41 Å².